The normalized spacial score (nSPS) is 15.7. The second-order valence-electron chi connectivity index (χ2n) is 5.49. The van der Waals surface area contributed by atoms with Crippen molar-refractivity contribution in [2.24, 2.45) is 0 Å². The van der Waals surface area contributed by atoms with Crippen molar-refractivity contribution in [2.45, 2.75) is 0 Å². The molecule has 1 aromatic carbocycles. The number of fused-ring (bicyclic) bond motifs is 1. The van der Waals surface area contributed by atoms with Gasteiger partial charge in [0.25, 0.3) is 11.1 Å². The van der Waals surface area contributed by atoms with E-state index < -0.39 is 11.1 Å². The van der Waals surface area contributed by atoms with Gasteiger partial charge in [-0.2, -0.15) is 0 Å². The summed E-state index contributed by atoms with van der Waals surface area (Å²) in [6.07, 6.45) is 4.82. The topological polar surface area (TPSA) is 102 Å². The number of aromatic hydroxyl groups is 1. The Morgan fingerprint density at radius 1 is 1.27 bits per heavy atom. The van der Waals surface area contributed by atoms with Gasteiger partial charge in [-0.25, -0.2) is 0 Å². The molecule has 0 saturated carbocycles. The van der Waals surface area contributed by atoms with E-state index in [1.165, 1.54) is 19.3 Å². The molecule has 130 valence electrons. The third-order valence-electron chi connectivity index (χ3n) is 3.85. The van der Waals surface area contributed by atoms with Crippen LogP contribution in [0.25, 0.3) is 28.2 Å². The predicted molar refractivity (Wildman–Crippen MR) is 96.8 cm³/mol. The number of furan rings is 1. The maximum Gasteiger partial charge on any atom is 0.290 e. The molecule has 0 unspecified atom stereocenters. The molecule has 4 rings (SSSR count). The molecule has 0 aliphatic carbocycles. The molecule has 8 heteroatoms. The number of ether oxygens (including phenoxy) is 1. The number of methoxy groups -OCH3 is 1. The molecule has 0 bridgehead atoms. The van der Waals surface area contributed by atoms with Gasteiger partial charge in [0, 0.05) is 29.4 Å². The van der Waals surface area contributed by atoms with Crippen LogP contribution in [0.1, 0.15) is 5.76 Å². The Hall–Kier alpha value is -3.26. The minimum atomic E-state index is -0.443. The smallest absolute Gasteiger partial charge is 0.290 e. The van der Waals surface area contributed by atoms with Crippen molar-refractivity contribution < 1.29 is 23.8 Å². The Morgan fingerprint density at radius 2 is 2.12 bits per heavy atom. The largest absolute Gasteiger partial charge is 0.504 e. The molecule has 26 heavy (non-hydrogen) atoms. The minimum absolute atomic E-state index is 0.0372. The van der Waals surface area contributed by atoms with E-state index >= 15 is 0 Å². The van der Waals surface area contributed by atoms with Gasteiger partial charge in [0.15, 0.2) is 11.5 Å². The van der Waals surface area contributed by atoms with Gasteiger partial charge < -0.3 is 14.3 Å². The van der Waals surface area contributed by atoms with Crippen molar-refractivity contribution in [2.75, 3.05) is 7.11 Å². The number of nitrogens with one attached hydrogen (secondary N) is 1. The molecule has 1 saturated heterocycles. The van der Waals surface area contributed by atoms with E-state index in [-0.39, 0.29) is 10.7 Å². The lowest BCUT2D eigenvalue weighted by Gasteiger charge is -2.07. The SMILES string of the molecule is COc1cc(-c2cncc3cc(/C=C4/SC(=O)NC4=O)oc23)ccc1O. The molecule has 0 radical (unpaired) electrons. The summed E-state index contributed by atoms with van der Waals surface area (Å²) >= 11 is 0.827. The average Bonchev–Trinajstić information content (AvgIpc) is 3.17. The van der Waals surface area contributed by atoms with Crippen LogP contribution in [0.4, 0.5) is 4.79 Å². The van der Waals surface area contributed by atoms with E-state index in [1.807, 2.05) is 0 Å². The predicted octanol–water partition coefficient (Wildman–Crippen LogP) is 3.53. The van der Waals surface area contributed by atoms with Crippen LogP contribution in [0.2, 0.25) is 0 Å². The van der Waals surface area contributed by atoms with Crippen LogP contribution < -0.4 is 10.1 Å². The number of amides is 2. The molecule has 2 aromatic heterocycles. The first kappa shape index (κ1) is 16.2. The second kappa shape index (κ2) is 6.23. The standard InChI is InChI=1S/C18H12N2O5S/c1-24-14-5-9(2-3-13(14)21)12-8-19-7-10-4-11(25-16(10)12)6-15-17(22)20-18(23)26-15/h2-8,21H,1H3,(H,20,22,23)/b15-6+. The van der Waals surface area contributed by atoms with Crippen molar-refractivity contribution in [1.82, 2.24) is 10.3 Å². The first-order valence-corrected chi connectivity index (χ1v) is 8.36. The van der Waals surface area contributed by atoms with Crippen molar-refractivity contribution in [3.05, 3.63) is 47.3 Å². The fourth-order valence-corrected chi connectivity index (χ4v) is 3.32. The molecule has 0 spiro atoms. The number of pyridine rings is 1. The Morgan fingerprint density at radius 3 is 2.85 bits per heavy atom. The van der Waals surface area contributed by atoms with Gasteiger partial charge in [0.1, 0.15) is 11.3 Å². The van der Waals surface area contributed by atoms with Gasteiger partial charge >= 0.3 is 0 Å². The number of imide groups is 1. The molecule has 1 aliphatic rings. The maximum atomic E-state index is 11.7. The monoisotopic (exact) mass is 368 g/mol. The number of phenolic OH excluding ortho intramolecular Hbond substituents is 1. The van der Waals surface area contributed by atoms with E-state index in [0.29, 0.717) is 22.7 Å². The number of benzene rings is 1. The minimum Gasteiger partial charge on any atom is -0.504 e. The van der Waals surface area contributed by atoms with Crippen LogP contribution in [0.15, 0.2) is 46.0 Å². The highest BCUT2D eigenvalue weighted by molar-refractivity contribution is 8.18. The number of hydrogen-bond acceptors (Lipinski definition) is 7. The summed E-state index contributed by atoms with van der Waals surface area (Å²) in [5.74, 6) is 0.371. The molecule has 1 aliphatic heterocycles. The first-order valence-electron chi connectivity index (χ1n) is 7.55. The van der Waals surface area contributed by atoms with Crippen molar-refractivity contribution in [3.63, 3.8) is 0 Å². The summed E-state index contributed by atoms with van der Waals surface area (Å²) in [4.78, 5) is 27.4. The fourth-order valence-electron chi connectivity index (χ4n) is 2.65. The number of nitrogens with zero attached hydrogens (tertiary/aromatic N) is 1. The number of carbonyl (C=O) groups excluding carboxylic acids is 2. The molecule has 2 N–H and O–H groups in total. The number of rotatable bonds is 3. The van der Waals surface area contributed by atoms with Crippen LogP contribution in [0.5, 0.6) is 11.5 Å². The second-order valence-corrected chi connectivity index (χ2v) is 6.51. The Labute approximate surface area is 151 Å². The third-order valence-corrected chi connectivity index (χ3v) is 4.66. The summed E-state index contributed by atoms with van der Waals surface area (Å²) in [5, 5.41) is 12.3. The number of hydrogen-bond donors (Lipinski definition) is 2. The zero-order chi connectivity index (χ0) is 18.3. The van der Waals surface area contributed by atoms with Crippen LogP contribution in [-0.4, -0.2) is 28.3 Å². The fraction of sp³-hybridized carbons (Fsp3) is 0.0556. The molecule has 3 aromatic rings. The maximum absolute atomic E-state index is 11.7. The van der Waals surface area contributed by atoms with Gasteiger partial charge in [-0.1, -0.05) is 6.07 Å². The average molecular weight is 368 g/mol. The molecule has 2 amide bonds. The summed E-state index contributed by atoms with van der Waals surface area (Å²) in [6.45, 7) is 0. The quantitative estimate of drug-likeness (QED) is 0.682. The number of aromatic nitrogens is 1. The van der Waals surface area contributed by atoms with Crippen LogP contribution in [0, 0.1) is 0 Å². The lowest BCUT2D eigenvalue weighted by Crippen LogP contribution is -2.17. The third kappa shape index (κ3) is 2.80. The molecule has 0 atom stereocenters. The summed E-state index contributed by atoms with van der Waals surface area (Å²) < 4.78 is 11.0. The molecule has 1 fully saturated rings. The molecule has 3 heterocycles. The highest BCUT2D eigenvalue weighted by atomic mass is 32.2. The number of carbonyl (C=O) groups is 2. The Balaban J connectivity index is 1.81. The van der Waals surface area contributed by atoms with E-state index in [9.17, 15) is 14.7 Å². The van der Waals surface area contributed by atoms with Gasteiger partial charge in [-0.3, -0.25) is 19.9 Å². The first-order chi connectivity index (χ1) is 12.5. The lowest BCUT2D eigenvalue weighted by atomic mass is 10.1. The Kier molecular flexibility index (Phi) is 3.89. The van der Waals surface area contributed by atoms with Crippen LogP contribution in [0.3, 0.4) is 0 Å². The number of thioether (sulfide) groups is 1. The zero-order valence-electron chi connectivity index (χ0n) is 13.5. The molecule has 7 nitrogen and oxygen atoms in total. The van der Waals surface area contributed by atoms with Gasteiger partial charge in [-0.15, -0.1) is 0 Å². The molecular weight excluding hydrogens is 356 g/mol. The molecular formula is C18H12N2O5S. The van der Waals surface area contributed by atoms with Crippen molar-refractivity contribution >= 4 is 40.0 Å². The van der Waals surface area contributed by atoms with E-state index in [4.69, 9.17) is 9.15 Å². The van der Waals surface area contributed by atoms with E-state index in [1.54, 1.807) is 30.6 Å². The van der Waals surface area contributed by atoms with E-state index in [2.05, 4.69) is 10.3 Å². The van der Waals surface area contributed by atoms with E-state index in [0.717, 1.165) is 22.7 Å². The van der Waals surface area contributed by atoms with Crippen molar-refractivity contribution in [1.29, 1.82) is 0 Å². The van der Waals surface area contributed by atoms with Crippen LogP contribution >= 0.6 is 11.8 Å². The lowest BCUT2D eigenvalue weighted by molar-refractivity contribution is -0.115. The summed E-state index contributed by atoms with van der Waals surface area (Å²) in [7, 11) is 1.47. The summed E-state index contributed by atoms with van der Waals surface area (Å²) in [5.41, 5.74) is 2.05. The van der Waals surface area contributed by atoms with Gasteiger partial charge in [0.05, 0.1) is 12.0 Å². The number of phenols is 1. The van der Waals surface area contributed by atoms with Crippen LogP contribution in [-0.2, 0) is 4.79 Å². The van der Waals surface area contributed by atoms with Crippen molar-refractivity contribution in [3.8, 4) is 22.6 Å². The highest BCUT2D eigenvalue weighted by Gasteiger charge is 2.25. The van der Waals surface area contributed by atoms with Gasteiger partial charge in [0.2, 0.25) is 0 Å². The van der Waals surface area contributed by atoms with Gasteiger partial charge in [-0.05, 0) is 35.5 Å². The summed E-state index contributed by atoms with van der Waals surface area (Å²) in [6, 6.07) is 6.69. The zero-order valence-corrected chi connectivity index (χ0v) is 14.3. The highest BCUT2D eigenvalue weighted by Crippen LogP contribution is 2.36. The Bertz CT molecular complexity index is 1090.